The molecule has 1 fully saturated rings. The summed E-state index contributed by atoms with van der Waals surface area (Å²) in [7, 11) is -0.640. The topological polar surface area (TPSA) is 29.1 Å². The quantitative estimate of drug-likeness (QED) is 0.760. The van der Waals surface area contributed by atoms with Crippen molar-refractivity contribution < 1.29 is 4.21 Å². The summed E-state index contributed by atoms with van der Waals surface area (Å²) in [5, 5.41) is 3.70. The van der Waals surface area contributed by atoms with Crippen molar-refractivity contribution in [2.75, 3.05) is 12.0 Å². The van der Waals surface area contributed by atoms with Crippen LogP contribution in [0.5, 0.6) is 0 Å². The van der Waals surface area contributed by atoms with Crippen LogP contribution >= 0.6 is 0 Å². The Morgan fingerprint density at radius 2 is 2.20 bits per heavy atom. The third-order valence-corrected chi connectivity index (χ3v) is 4.33. The maximum Gasteiger partial charge on any atom is 0.0246 e. The van der Waals surface area contributed by atoms with Gasteiger partial charge in [0, 0.05) is 34.9 Å². The number of hydrogen-bond donors (Lipinski definition) is 1. The zero-order valence-corrected chi connectivity index (χ0v) is 11.1. The first-order chi connectivity index (χ1) is 7.13. The molecule has 1 N–H and O–H groups in total. The highest BCUT2D eigenvalue weighted by Crippen LogP contribution is 2.28. The predicted octanol–water partition coefficient (Wildman–Crippen LogP) is 2.31. The lowest BCUT2D eigenvalue weighted by molar-refractivity contribution is 0.353. The van der Waals surface area contributed by atoms with Crippen LogP contribution in [0, 0.1) is 5.92 Å². The van der Waals surface area contributed by atoms with Gasteiger partial charge in [-0.25, -0.2) is 0 Å². The third kappa shape index (κ3) is 4.64. The molecule has 0 aromatic heterocycles. The van der Waals surface area contributed by atoms with Gasteiger partial charge in [0.25, 0.3) is 0 Å². The standard InChI is InChI=1S/C12H25NOS/c1-4-11-6-5-7-12(11)13-10(2)8-9-15(3)14/h10-13H,4-9H2,1-3H3. The molecule has 1 aliphatic rings. The highest BCUT2D eigenvalue weighted by Gasteiger charge is 2.26. The van der Waals surface area contributed by atoms with E-state index >= 15 is 0 Å². The minimum Gasteiger partial charge on any atom is -0.311 e. The second-order valence-electron chi connectivity index (χ2n) is 4.84. The monoisotopic (exact) mass is 231 g/mol. The van der Waals surface area contributed by atoms with Gasteiger partial charge in [-0.05, 0) is 32.1 Å². The molecule has 1 aliphatic carbocycles. The van der Waals surface area contributed by atoms with Crippen LogP contribution in [0.4, 0.5) is 0 Å². The number of nitrogens with one attached hydrogen (secondary N) is 1. The van der Waals surface area contributed by atoms with Gasteiger partial charge in [-0.15, -0.1) is 0 Å². The van der Waals surface area contributed by atoms with E-state index in [-0.39, 0.29) is 0 Å². The van der Waals surface area contributed by atoms with E-state index in [0.29, 0.717) is 6.04 Å². The fourth-order valence-electron chi connectivity index (χ4n) is 2.54. The van der Waals surface area contributed by atoms with Crippen LogP contribution in [0.2, 0.25) is 0 Å². The van der Waals surface area contributed by atoms with Crippen molar-refractivity contribution in [2.45, 2.75) is 58.0 Å². The largest absolute Gasteiger partial charge is 0.311 e. The summed E-state index contributed by atoms with van der Waals surface area (Å²) in [5.41, 5.74) is 0. The summed E-state index contributed by atoms with van der Waals surface area (Å²) in [4.78, 5) is 0. The van der Waals surface area contributed by atoms with Gasteiger partial charge in [-0.2, -0.15) is 0 Å². The van der Waals surface area contributed by atoms with Gasteiger partial charge in [0.1, 0.15) is 0 Å². The van der Waals surface area contributed by atoms with Gasteiger partial charge in [-0.1, -0.05) is 19.8 Å². The SMILES string of the molecule is CCC1CCCC1NC(C)CCS(C)=O. The summed E-state index contributed by atoms with van der Waals surface area (Å²) < 4.78 is 11.0. The lowest BCUT2D eigenvalue weighted by atomic mass is 10.00. The molecule has 0 aromatic carbocycles. The summed E-state index contributed by atoms with van der Waals surface area (Å²) in [6, 6.07) is 1.24. The van der Waals surface area contributed by atoms with Gasteiger partial charge in [0.2, 0.25) is 0 Å². The molecule has 0 saturated heterocycles. The molecule has 90 valence electrons. The zero-order valence-electron chi connectivity index (χ0n) is 10.3. The highest BCUT2D eigenvalue weighted by molar-refractivity contribution is 7.84. The van der Waals surface area contributed by atoms with Crippen molar-refractivity contribution in [1.29, 1.82) is 0 Å². The number of hydrogen-bond acceptors (Lipinski definition) is 2. The molecular formula is C12H25NOS. The molecule has 4 unspecified atom stereocenters. The van der Waals surface area contributed by atoms with Gasteiger partial charge < -0.3 is 5.32 Å². The Bertz CT molecular complexity index is 208. The molecule has 0 heterocycles. The summed E-state index contributed by atoms with van der Waals surface area (Å²) in [6.45, 7) is 4.51. The Labute approximate surface area is 96.7 Å². The Balaban J connectivity index is 2.24. The first-order valence-corrected chi connectivity index (χ1v) is 7.92. The Kier molecular flexibility index (Phi) is 5.83. The average Bonchev–Trinajstić information content (AvgIpc) is 2.62. The summed E-state index contributed by atoms with van der Waals surface area (Å²) in [6.07, 6.45) is 8.22. The molecule has 15 heavy (non-hydrogen) atoms. The maximum atomic E-state index is 11.0. The third-order valence-electron chi connectivity index (χ3n) is 3.52. The minimum atomic E-state index is -0.640. The molecule has 3 heteroatoms. The molecule has 0 aromatic rings. The highest BCUT2D eigenvalue weighted by atomic mass is 32.2. The second-order valence-corrected chi connectivity index (χ2v) is 6.39. The van der Waals surface area contributed by atoms with E-state index in [4.69, 9.17) is 0 Å². The van der Waals surface area contributed by atoms with Crippen molar-refractivity contribution in [1.82, 2.24) is 5.32 Å². The molecule has 0 amide bonds. The Hall–Kier alpha value is 0.110. The smallest absolute Gasteiger partial charge is 0.0246 e. The van der Waals surface area contributed by atoms with E-state index in [1.165, 1.54) is 25.7 Å². The van der Waals surface area contributed by atoms with Crippen molar-refractivity contribution in [3.05, 3.63) is 0 Å². The van der Waals surface area contributed by atoms with Crippen LogP contribution in [0.15, 0.2) is 0 Å². The second kappa shape index (κ2) is 6.64. The van der Waals surface area contributed by atoms with Crippen LogP contribution in [0.1, 0.15) is 46.0 Å². The van der Waals surface area contributed by atoms with Gasteiger partial charge in [-0.3, -0.25) is 4.21 Å². The van der Waals surface area contributed by atoms with Crippen molar-refractivity contribution in [3.8, 4) is 0 Å². The minimum absolute atomic E-state index is 0.519. The Morgan fingerprint density at radius 1 is 1.47 bits per heavy atom. The van der Waals surface area contributed by atoms with Crippen LogP contribution in [0.3, 0.4) is 0 Å². The normalized spacial score (nSPS) is 30.3. The van der Waals surface area contributed by atoms with Crippen LogP contribution < -0.4 is 5.32 Å². The van der Waals surface area contributed by atoms with E-state index in [0.717, 1.165) is 24.1 Å². The van der Waals surface area contributed by atoms with E-state index in [2.05, 4.69) is 19.2 Å². The van der Waals surface area contributed by atoms with E-state index < -0.39 is 10.8 Å². The van der Waals surface area contributed by atoms with Gasteiger partial charge in [0.15, 0.2) is 0 Å². The van der Waals surface area contributed by atoms with Gasteiger partial charge in [0.05, 0.1) is 0 Å². The molecule has 1 saturated carbocycles. The molecule has 4 atom stereocenters. The van der Waals surface area contributed by atoms with E-state index in [9.17, 15) is 4.21 Å². The maximum absolute atomic E-state index is 11.0. The molecule has 0 aliphatic heterocycles. The van der Waals surface area contributed by atoms with Crippen molar-refractivity contribution >= 4 is 10.8 Å². The predicted molar refractivity (Wildman–Crippen MR) is 67.6 cm³/mol. The van der Waals surface area contributed by atoms with Gasteiger partial charge >= 0.3 is 0 Å². The fraction of sp³-hybridized carbons (Fsp3) is 1.00. The molecule has 0 spiro atoms. The molecule has 0 bridgehead atoms. The average molecular weight is 231 g/mol. The van der Waals surface area contributed by atoms with Crippen molar-refractivity contribution in [3.63, 3.8) is 0 Å². The van der Waals surface area contributed by atoms with Crippen molar-refractivity contribution in [2.24, 2.45) is 5.92 Å². The lowest BCUT2D eigenvalue weighted by Gasteiger charge is -2.24. The number of rotatable bonds is 6. The Morgan fingerprint density at radius 3 is 2.80 bits per heavy atom. The summed E-state index contributed by atoms with van der Waals surface area (Å²) >= 11 is 0. The molecular weight excluding hydrogens is 206 g/mol. The lowest BCUT2D eigenvalue weighted by Crippen LogP contribution is -2.39. The first kappa shape index (κ1) is 13.2. The summed E-state index contributed by atoms with van der Waals surface area (Å²) in [5.74, 6) is 1.71. The molecule has 0 radical (unpaired) electrons. The zero-order chi connectivity index (χ0) is 11.3. The fourth-order valence-corrected chi connectivity index (χ4v) is 3.22. The molecule has 2 nitrogen and oxygen atoms in total. The van der Waals surface area contributed by atoms with E-state index in [1.807, 2.05) is 0 Å². The van der Waals surface area contributed by atoms with E-state index in [1.54, 1.807) is 6.26 Å². The van der Waals surface area contributed by atoms with Crippen LogP contribution in [-0.4, -0.2) is 28.3 Å². The van der Waals surface area contributed by atoms with Crippen LogP contribution in [-0.2, 0) is 10.8 Å². The first-order valence-electron chi connectivity index (χ1n) is 6.19. The van der Waals surface area contributed by atoms with Crippen LogP contribution in [0.25, 0.3) is 0 Å². The molecule has 1 rings (SSSR count).